The summed E-state index contributed by atoms with van der Waals surface area (Å²) in [6, 6.07) is 9.27. The van der Waals surface area contributed by atoms with E-state index < -0.39 is 70.3 Å². The number of hydrogen-bond acceptors (Lipinski definition) is 16. The maximum atomic E-state index is 15.4. The number of halogens is 8. The molecule has 0 bridgehead atoms. The molecule has 4 atom stereocenters. The molecule has 1 saturated carbocycles. The molecule has 2 aromatic carbocycles. The van der Waals surface area contributed by atoms with Crippen LogP contribution in [0.3, 0.4) is 0 Å². The van der Waals surface area contributed by atoms with Crippen LogP contribution in [0.2, 0.25) is 0 Å². The number of β-amino-alcohol motifs (C(OH)–C–C–N with tert-alkyl or cyclic N) is 2. The average Bonchev–Trinajstić information content (AvgIpc) is 4.15. The topological polar surface area (TPSA) is 256 Å². The van der Waals surface area contributed by atoms with Gasteiger partial charge in [0, 0.05) is 64.9 Å². The van der Waals surface area contributed by atoms with Crippen molar-refractivity contribution in [2.45, 2.75) is 87.5 Å². The molecular formula is C45H56F8N12O6. The largest absolute Gasteiger partial charge is 0.416 e. The molecule has 1 aliphatic carbocycles. The lowest BCUT2D eigenvalue weighted by Crippen LogP contribution is -2.59. The van der Waals surface area contributed by atoms with E-state index >= 15 is 8.78 Å². The van der Waals surface area contributed by atoms with Gasteiger partial charge in [-0.25, -0.2) is 19.9 Å². The Morgan fingerprint density at radius 3 is 1.48 bits per heavy atom. The Morgan fingerprint density at radius 2 is 1.10 bits per heavy atom. The summed E-state index contributed by atoms with van der Waals surface area (Å²) in [4.78, 5) is 44.5. The lowest BCUT2D eigenvalue weighted by atomic mass is 9.88. The molecule has 3 aliphatic rings. The normalized spacial score (nSPS) is 22.0. The zero-order valence-electron chi connectivity index (χ0n) is 38.5. The van der Waals surface area contributed by atoms with Gasteiger partial charge in [0.1, 0.15) is 23.9 Å². The summed E-state index contributed by atoms with van der Waals surface area (Å²) in [5.41, 5.74) is 6.76. The predicted molar refractivity (Wildman–Crippen MR) is 242 cm³/mol. The summed E-state index contributed by atoms with van der Waals surface area (Å²) in [7, 11) is 0. The van der Waals surface area contributed by atoms with Gasteiger partial charge in [-0.2, -0.15) is 35.1 Å². The Balaban J connectivity index is 0.000000233. The molecule has 0 radical (unpaired) electrons. The highest BCUT2D eigenvalue weighted by Gasteiger charge is 2.43. The Hall–Kier alpha value is -6.06. The van der Waals surface area contributed by atoms with Gasteiger partial charge < -0.3 is 52.3 Å². The van der Waals surface area contributed by atoms with Crippen molar-refractivity contribution in [1.82, 2.24) is 29.7 Å². The van der Waals surface area contributed by atoms with E-state index in [9.17, 15) is 56.4 Å². The molecule has 2 aromatic heterocycles. The molecule has 3 fully saturated rings. The molecule has 4 heterocycles. The first-order valence-corrected chi connectivity index (χ1v) is 22.5. The SMILES string of the molecule is CCN(Cc1ccc(C(F)(F)F)cc1)c1ncnc(NC[C@@]2(O)CCN(CC(N)=O)C[C@H]2O)c1F.NC(=O)CN1CC[C@@](O)(CNc2ncnc(N(Cc3ccc(C(F)(F)F)cc3)C3CC3)c2F)[C@H](O)C1. The van der Waals surface area contributed by atoms with E-state index in [0.29, 0.717) is 30.8 Å². The molecule has 0 spiro atoms. The van der Waals surface area contributed by atoms with Gasteiger partial charge in [0.05, 0.1) is 36.4 Å². The van der Waals surface area contributed by atoms with Crippen molar-refractivity contribution in [3.05, 3.63) is 95.1 Å². The van der Waals surface area contributed by atoms with Crippen molar-refractivity contribution in [2.75, 3.05) is 79.3 Å². The second-order valence-corrected chi connectivity index (χ2v) is 17.8. The zero-order valence-corrected chi connectivity index (χ0v) is 38.5. The van der Waals surface area contributed by atoms with Gasteiger partial charge in [0.15, 0.2) is 23.3 Å². The van der Waals surface area contributed by atoms with Gasteiger partial charge in [-0.3, -0.25) is 19.4 Å². The van der Waals surface area contributed by atoms with E-state index in [1.165, 1.54) is 35.5 Å². The van der Waals surface area contributed by atoms with E-state index in [1.807, 2.05) is 0 Å². The van der Waals surface area contributed by atoms with Crippen LogP contribution in [-0.2, 0) is 35.0 Å². The van der Waals surface area contributed by atoms with Crippen molar-refractivity contribution >= 4 is 35.1 Å². The van der Waals surface area contributed by atoms with Crippen molar-refractivity contribution in [2.24, 2.45) is 11.5 Å². The van der Waals surface area contributed by atoms with E-state index in [-0.39, 0.29) is 94.5 Å². The minimum absolute atomic E-state index is 0.00119. The second-order valence-electron chi connectivity index (χ2n) is 17.8. The summed E-state index contributed by atoms with van der Waals surface area (Å²) in [5.74, 6) is -3.08. The molecule has 2 saturated heterocycles. The summed E-state index contributed by atoms with van der Waals surface area (Å²) >= 11 is 0. The number of carbonyl (C=O) groups excluding carboxylic acids is 2. The van der Waals surface area contributed by atoms with Gasteiger partial charge in [0.25, 0.3) is 0 Å². The maximum absolute atomic E-state index is 15.4. The number of aliphatic hydroxyl groups is 4. The van der Waals surface area contributed by atoms with Crippen LogP contribution in [0.5, 0.6) is 0 Å². The first-order chi connectivity index (χ1) is 33.4. The third-order valence-corrected chi connectivity index (χ3v) is 12.5. The molecule has 10 N–H and O–H groups in total. The summed E-state index contributed by atoms with van der Waals surface area (Å²) in [5, 5.41) is 48.0. The van der Waals surface area contributed by atoms with Crippen molar-refractivity contribution < 1.29 is 65.1 Å². The molecule has 2 aliphatic heterocycles. The molecule has 18 nitrogen and oxygen atoms in total. The summed E-state index contributed by atoms with van der Waals surface area (Å²) in [6.07, 6.45) is -7.18. The minimum Gasteiger partial charge on any atom is -0.389 e. The standard InChI is InChI=1S/C23H28F4N6O3.C22H28F4N6O3/c24-19-20(29-12-22(36)7-8-32(10-17(22)34)11-18(28)35)30-13-31-21(19)33(16-5-6-16)9-14-1-3-15(4-2-14)23(25,26)27;1-2-32(9-14-3-5-15(6-4-14)22(24,25)26)20-18(23)19(29-13-30-20)28-12-21(35)7-8-31(10-16(21)33)11-17(27)34/h1-4,13,16-17,34,36H,5-12H2,(H2,28,35)(H,29,30,31);3-6,13,16,33,35H,2,7-12H2,1H3,(H2,27,34)(H,28,29,30)/t17-,22-;16-,21+/m11/s1. The number of benzene rings is 2. The molecule has 7 rings (SSSR count). The highest BCUT2D eigenvalue weighted by molar-refractivity contribution is 5.76. The molecule has 71 heavy (non-hydrogen) atoms. The number of nitrogens with one attached hydrogen (secondary N) is 2. The summed E-state index contributed by atoms with van der Waals surface area (Å²) < 4.78 is 108. The number of piperidine rings is 2. The van der Waals surface area contributed by atoms with E-state index in [1.54, 1.807) is 21.6 Å². The van der Waals surface area contributed by atoms with Crippen molar-refractivity contribution in [1.29, 1.82) is 0 Å². The number of rotatable bonds is 18. The lowest BCUT2D eigenvalue weighted by molar-refractivity contribution is -0.138. The average molecular weight is 1010 g/mol. The Labute approximate surface area is 402 Å². The van der Waals surface area contributed by atoms with Crippen LogP contribution in [0.25, 0.3) is 0 Å². The first-order valence-electron chi connectivity index (χ1n) is 22.5. The number of amides is 2. The van der Waals surface area contributed by atoms with Gasteiger partial charge >= 0.3 is 12.4 Å². The van der Waals surface area contributed by atoms with Gasteiger partial charge in [-0.05, 0) is 68.0 Å². The molecule has 388 valence electrons. The first kappa shape index (κ1) is 54.3. The van der Waals surface area contributed by atoms with E-state index in [2.05, 4.69) is 30.6 Å². The number of alkyl halides is 6. The number of aliphatic hydroxyl groups excluding tert-OH is 2. The molecular weight excluding hydrogens is 957 g/mol. The van der Waals surface area contributed by atoms with Crippen LogP contribution in [0.15, 0.2) is 61.2 Å². The van der Waals surface area contributed by atoms with Crippen LogP contribution >= 0.6 is 0 Å². The van der Waals surface area contributed by atoms with Crippen LogP contribution in [0.4, 0.5) is 58.4 Å². The van der Waals surface area contributed by atoms with Gasteiger partial charge in [-0.1, -0.05) is 24.3 Å². The predicted octanol–water partition coefficient (Wildman–Crippen LogP) is 2.85. The quantitative estimate of drug-likeness (QED) is 0.0667. The van der Waals surface area contributed by atoms with Crippen molar-refractivity contribution in [3.63, 3.8) is 0 Å². The fourth-order valence-electron chi connectivity index (χ4n) is 8.17. The Morgan fingerprint density at radius 1 is 0.690 bits per heavy atom. The molecule has 26 heteroatoms. The molecule has 2 amide bonds. The minimum atomic E-state index is -4.45. The smallest absolute Gasteiger partial charge is 0.389 e. The third-order valence-electron chi connectivity index (χ3n) is 12.5. The van der Waals surface area contributed by atoms with E-state index in [4.69, 9.17) is 11.5 Å². The van der Waals surface area contributed by atoms with Crippen LogP contribution < -0.4 is 31.9 Å². The number of hydrogen-bond donors (Lipinski definition) is 8. The Bertz CT molecular complexity index is 2440. The number of anilines is 4. The number of nitrogens with two attached hydrogens (primary N) is 2. The molecule has 4 aromatic rings. The van der Waals surface area contributed by atoms with E-state index in [0.717, 1.165) is 43.4 Å². The fraction of sp³-hybridized carbons (Fsp3) is 0.511. The fourth-order valence-corrected chi connectivity index (χ4v) is 8.17. The third kappa shape index (κ3) is 14.3. The van der Waals surface area contributed by atoms with Gasteiger partial charge in [-0.15, -0.1) is 0 Å². The van der Waals surface area contributed by atoms with Crippen LogP contribution in [-0.4, -0.2) is 150 Å². The number of carbonyl (C=O) groups is 2. The Kier molecular flexibility index (Phi) is 17.3. The monoisotopic (exact) mass is 1010 g/mol. The number of nitrogens with zero attached hydrogens (tertiary/aromatic N) is 8. The van der Waals surface area contributed by atoms with Gasteiger partial charge in [0.2, 0.25) is 23.4 Å². The number of aromatic nitrogens is 4. The number of likely N-dealkylation sites (tertiary alicyclic amines) is 2. The number of primary amides is 2. The maximum Gasteiger partial charge on any atom is 0.416 e. The van der Waals surface area contributed by atoms with Crippen LogP contribution in [0.1, 0.15) is 54.9 Å². The second kappa shape index (κ2) is 22.6. The highest BCUT2D eigenvalue weighted by atomic mass is 19.4. The van der Waals surface area contributed by atoms with Crippen molar-refractivity contribution in [3.8, 4) is 0 Å². The zero-order chi connectivity index (χ0) is 51.9. The summed E-state index contributed by atoms with van der Waals surface area (Å²) in [6.45, 7) is 2.52. The van der Waals surface area contributed by atoms with Crippen LogP contribution in [0, 0.1) is 11.6 Å². The molecule has 0 unspecified atom stereocenters. The highest BCUT2D eigenvalue weighted by Crippen LogP contribution is 2.36. The lowest BCUT2D eigenvalue weighted by Gasteiger charge is -2.41.